The first kappa shape index (κ1) is 7.81. The van der Waals surface area contributed by atoms with Crippen LogP contribution in [0.25, 0.3) is 0 Å². The van der Waals surface area contributed by atoms with Crippen molar-refractivity contribution in [2.75, 3.05) is 0 Å². The van der Waals surface area contributed by atoms with Gasteiger partial charge in [0.05, 0.1) is 5.60 Å². The molecular weight excluding hydrogens is 148 g/mol. The maximum atomic E-state index is 9.96. The van der Waals surface area contributed by atoms with Crippen LogP contribution in [0, 0.1) is 12.8 Å². The summed E-state index contributed by atoms with van der Waals surface area (Å²) in [5, 5.41) is 9.96. The lowest BCUT2D eigenvalue weighted by Crippen LogP contribution is -2.06. The van der Waals surface area contributed by atoms with Crippen molar-refractivity contribution < 1.29 is 5.11 Å². The van der Waals surface area contributed by atoms with Crippen LogP contribution in [0.3, 0.4) is 0 Å². The molecule has 1 N–H and O–H groups in total. The van der Waals surface area contributed by atoms with Crippen molar-refractivity contribution in [3.63, 3.8) is 0 Å². The average molecular weight is 162 g/mol. The second-order valence-electron chi connectivity index (χ2n) is 3.90. The van der Waals surface area contributed by atoms with E-state index in [2.05, 4.69) is 26.0 Å². The Kier molecular flexibility index (Phi) is 1.52. The van der Waals surface area contributed by atoms with Gasteiger partial charge >= 0.3 is 0 Å². The molecule has 1 fully saturated rings. The predicted molar refractivity (Wildman–Crippen MR) is 48.9 cm³/mol. The molecule has 64 valence electrons. The van der Waals surface area contributed by atoms with Crippen molar-refractivity contribution >= 4 is 0 Å². The van der Waals surface area contributed by atoms with Crippen molar-refractivity contribution in [2.24, 2.45) is 5.92 Å². The third kappa shape index (κ3) is 1.05. The fraction of sp³-hybridized carbons (Fsp3) is 0.455. The van der Waals surface area contributed by atoms with E-state index in [1.165, 1.54) is 5.56 Å². The van der Waals surface area contributed by atoms with E-state index in [4.69, 9.17) is 0 Å². The number of aryl methyl sites for hydroxylation is 1. The topological polar surface area (TPSA) is 20.2 Å². The van der Waals surface area contributed by atoms with Gasteiger partial charge in [-0.2, -0.15) is 0 Å². The lowest BCUT2D eigenvalue weighted by Gasteiger charge is -2.08. The van der Waals surface area contributed by atoms with Crippen molar-refractivity contribution in [1.82, 2.24) is 0 Å². The van der Waals surface area contributed by atoms with Gasteiger partial charge in [-0.15, -0.1) is 0 Å². The molecule has 1 heteroatoms. The number of aliphatic hydroxyl groups is 1. The van der Waals surface area contributed by atoms with Crippen molar-refractivity contribution in [2.45, 2.75) is 25.9 Å². The van der Waals surface area contributed by atoms with Crippen molar-refractivity contribution in [3.8, 4) is 0 Å². The molecule has 1 aromatic carbocycles. The number of rotatable bonds is 1. The molecule has 0 radical (unpaired) electrons. The van der Waals surface area contributed by atoms with Crippen LogP contribution in [0.5, 0.6) is 0 Å². The van der Waals surface area contributed by atoms with Crippen LogP contribution in [-0.4, -0.2) is 5.11 Å². The minimum Gasteiger partial charge on any atom is -0.385 e. The van der Waals surface area contributed by atoms with Gasteiger partial charge in [-0.3, -0.25) is 0 Å². The van der Waals surface area contributed by atoms with E-state index in [1.54, 1.807) is 0 Å². The molecule has 0 aliphatic heterocycles. The summed E-state index contributed by atoms with van der Waals surface area (Å²) in [5.74, 6) is 0.431. The molecule has 0 bridgehead atoms. The Morgan fingerprint density at radius 1 is 1.33 bits per heavy atom. The largest absolute Gasteiger partial charge is 0.385 e. The van der Waals surface area contributed by atoms with Gasteiger partial charge in [0.25, 0.3) is 0 Å². The highest BCUT2D eigenvalue weighted by molar-refractivity contribution is 5.31. The van der Waals surface area contributed by atoms with E-state index in [0.29, 0.717) is 5.92 Å². The molecule has 0 amide bonds. The molecule has 2 unspecified atom stereocenters. The summed E-state index contributed by atoms with van der Waals surface area (Å²) in [7, 11) is 0. The Morgan fingerprint density at radius 3 is 2.25 bits per heavy atom. The molecule has 0 saturated heterocycles. The van der Waals surface area contributed by atoms with Gasteiger partial charge in [-0.1, -0.05) is 36.8 Å². The highest BCUT2D eigenvalue weighted by Crippen LogP contribution is 2.51. The summed E-state index contributed by atoms with van der Waals surface area (Å²) in [4.78, 5) is 0. The monoisotopic (exact) mass is 162 g/mol. The maximum absolute atomic E-state index is 9.96. The smallest absolute Gasteiger partial charge is 0.0926 e. The number of hydrogen-bond donors (Lipinski definition) is 1. The summed E-state index contributed by atoms with van der Waals surface area (Å²) in [5.41, 5.74) is 1.81. The fourth-order valence-electron chi connectivity index (χ4n) is 1.65. The maximum Gasteiger partial charge on any atom is 0.0926 e. The van der Waals surface area contributed by atoms with Crippen LogP contribution in [0.4, 0.5) is 0 Å². The van der Waals surface area contributed by atoms with Crippen LogP contribution in [0.1, 0.15) is 24.5 Å². The Labute approximate surface area is 73.0 Å². The van der Waals surface area contributed by atoms with E-state index in [1.807, 2.05) is 12.1 Å². The van der Waals surface area contributed by atoms with E-state index in [9.17, 15) is 5.11 Å². The van der Waals surface area contributed by atoms with Gasteiger partial charge in [0.15, 0.2) is 0 Å². The molecule has 2 atom stereocenters. The zero-order valence-electron chi connectivity index (χ0n) is 7.54. The van der Waals surface area contributed by atoms with Crippen LogP contribution < -0.4 is 0 Å². The predicted octanol–water partition coefficient (Wildman–Crippen LogP) is 2.22. The van der Waals surface area contributed by atoms with Crippen molar-refractivity contribution in [3.05, 3.63) is 35.4 Å². The quantitative estimate of drug-likeness (QED) is 0.671. The van der Waals surface area contributed by atoms with E-state index in [0.717, 1.165) is 12.0 Å². The second-order valence-corrected chi connectivity index (χ2v) is 3.90. The second kappa shape index (κ2) is 2.33. The van der Waals surface area contributed by atoms with Gasteiger partial charge in [-0.25, -0.2) is 0 Å². The third-order valence-electron chi connectivity index (χ3n) is 2.82. The van der Waals surface area contributed by atoms with Crippen LogP contribution in [0.15, 0.2) is 24.3 Å². The first-order chi connectivity index (χ1) is 5.63. The van der Waals surface area contributed by atoms with Crippen LogP contribution in [-0.2, 0) is 5.60 Å². The molecular formula is C11H14O. The molecule has 12 heavy (non-hydrogen) atoms. The Balaban J connectivity index is 2.31. The Hall–Kier alpha value is -0.820. The zero-order valence-corrected chi connectivity index (χ0v) is 7.54. The molecule has 1 aliphatic rings. The van der Waals surface area contributed by atoms with Gasteiger partial charge in [-0.05, 0) is 24.8 Å². The van der Waals surface area contributed by atoms with Gasteiger partial charge in [0.1, 0.15) is 0 Å². The lowest BCUT2D eigenvalue weighted by atomic mass is 10.0. The Morgan fingerprint density at radius 2 is 1.83 bits per heavy atom. The zero-order chi connectivity index (χ0) is 8.77. The van der Waals surface area contributed by atoms with Crippen LogP contribution in [0.2, 0.25) is 0 Å². The fourth-order valence-corrected chi connectivity index (χ4v) is 1.65. The van der Waals surface area contributed by atoms with Gasteiger partial charge < -0.3 is 5.11 Å². The summed E-state index contributed by atoms with van der Waals surface area (Å²) in [6, 6.07) is 8.16. The molecule has 0 spiro atoms. The first-order valence-electron chi connectivity index (χ1n) is 4.42. The average Bonchev–Trinajstić information content (AvgIpc) is 2.62. The van der Waals surface area contributed by atoms with E-state index >= 15 is 0 Å². The minimum absolute atomic E-state index is 0.431. The summed E-state index contributed by atoms with van der Waals surface area (Å²) in [6.45, 7) is 4.14. The molecule has 1 nitrogen and oxygen atoms in total. The Bertz CT molecular complexity index is 288. The molecule has 1 aliphatic carbocycles. The van der Waals surface area contributed by atoms with Crippen LogP contribution >= 0.6 is 0 Å². The molecule has 0 aromatic heterocycles. The molecule has 0 heterocycles. The standard InChI is InChI=1S/C11H14O/c1-8-3-5-10(6-4-8)11(12)7-9(11)2/h3-6,9,12H,7H2,1-2H3. The highest BCUT2D eigenvalue weighted by atomic mass is 16.3. The van der Waals surface area contributed by atoms with E-state index in [-0.39, 0.29) is 0 Å². The third-order valence-corrected chi connectivity index (χ3v) is 2.82. The van der Waals surface area contributed by atoms with Gasteiger partial charge in [0.2, 0.25) is 0 Å². The van der Waals surface area contributed by atoms with E-state index < -0.39 is 5.60 Å². The first-order valence-corrected chi connectivity index (χ1v) is 4.42. The normalized spacial score (nSPS) is 33.4. The lowest BCUT2D eigenvalue weighted by molar-refractivity contribution is 0.134. The number of hydrogen-bond acceptors (Lipinski definition) is 1. The SMILES string of the molecule is Cc1ccc(C2(O)CC2C)cc1. The highest BCUT2D eigenvalue weighted by Gasteiger charge is 2.50. The van der Waals surface area contributed by atoms with Gasteiger partial charge in [0, 0.05) is 0 Å². The van der Waals surface area contributed by atoms with Crippen molar-refractivity contribution in [1.29, 1.82) is 0 Å². The number of benzene rings is 1. The summed E-state index contributed by atoms with van der Waals surface area (Å²) < 4.78 is 0. The molecule has 1 saturated carbocycles. The molecule has 1 aromatic rings. The molecule has 2 rings (SSSR count). The summed E-state index contributed by atoms with van der Waals surface area (Å²) in [6.07, 6.45) is 0.913. The minimum atomic E-state index is -0.506. The summed E-state index contributed by atoms with van der Waals surface area (Å²) >= 11 is 0.